The van der Waals surface area contributed by atoms with E-state index < -0.39 is 0 Å². The van der Waals surface area contributed by atoms with Crippen LogP contribution in [0.2, 0.25) is 0 Å². The first-order chi connectivity index (χ1) is 12.7. The van der Waals surface area contributed by atoms with E-state index in [9.17, 15) is 0 Å². The van der Waals surface area contributed by atoms with Gasteiger partial charge in [-0.3, -0.25) is 4.68 Å². The number of aromatic nitrogens is 2. The van der Waals surface area contributed by atoms with E-state index in [0.717, 1.165) is 24.6 Å². The molecule has 1 aromatic heterocycles. The molecule has 0 saturated carbocycles. The summed E-state index contributed by atoms with van der Waals surface area (Å²) < 4.78 is 1.96. The van der Waals surface area contributed by atoms with Gasteiger partial charge in [-0.05, 0) is 77.1 Å². The lowest BCUT2D eigenvalue weighted by atomic mass is 10.00. The summed E-state index contributed by atoms with van der Waals surface area (Å²) in [5, 5.41) is 11.4. The molecule has 1 unspecified atom stereocenters. The maximum Gasteiger partial charge on any atom is 0.191 e. The molecule has 0 aliphatic heterocycles. The highest BCUT2D eigenvalue weighted by atomic mass is 127. The molecule has 1 aromatic carbocycles. The number of hydrogen-bond donors (Lipinski definition) is 2. The van der Waals surface area contributed by atoms with Gasteiger partial charge < -0.3 is 10.6 Å². The van der Waals surface area contributed by atoms with Crippen molar-refractivity contribution in [3.05, 3.63) is 51.3 Å². The van der Waals surface area contributed by atoms with E-state index in [1.807, 2.05) is 11.7 Å². The van der Waals surface area contributed by atoms with Gasteiger partial charge in [0.05, 0.1) is 12.2 Å². The minimum atomic E-state index is 0. The summed E-state index contributed by atoms with van der Waals surface area (Å²) in [6.45, 7) is 16.5. The molecule has 2 N–H and O–H groups in total. The quantitative estimate of drug-likeness (QED) is 0.356. The van der Waals surface area contributed by atoms with Gasteiger partial charge in [0.15, 0.2) is 5.96 Å². The minimum absolute atomic E-state index is 0. The third kappa shape index (κ3) is 6.22. The van der Waals surface area contributed by atoms with Gasteiger partial charge in [-0.2, -0.15) is 5.10 Å². The fourth-order valence-electron chi connectivity index (χ4n) is 3.64. The molecule has 5 nitrogen and oxygen atoms in total. The predicted molar refractivity (Wildman–Crippen MR) is 130 cm³/mol. The van der Waals surface area contributed by atoms with Gasteiger partial charge in [-0.15, -0.1) is 24.0 Å². The first-order valence-corrected chi connectivity index (χ1v) is 9.83. The van der Waals surface area contributed by atoms with Crippen molar-refractivity contribution in [3.8, 4) is 0 Å². The third-order valence-electron chi connectivity index (χ3n) is 5.13. The molecule has 0 radical (unpaired) electrons. The summed E-state index contributed by atoms with van der Waals surface area (Å²) in [6.07, 6.45) is 0.929. The van der Waals surface area contributed by atoms with Crippen LogP contribution in [0.25, 0.3) is 0 Å². The van der Waals surface area contributed by atoms with Crippen LogP contribution in [0.15, 0.2) is 17.1 Å². The average Bonchev–Trinajstić information content (AvgIpc) is 2.80. The SMILES string of the molecule is CCNC(=NCc1c(C)cc(C)cc1C)NC(C)Cc1c(C)nn(C)c1C.I. The molecule has 1 atom stereocenters. The van der Waals surface area contributed by atoms with Crippen LogP contribution in [0.1, 0.15) is 53.1 Å². The molecule has 0 spiro atoms. The van der Waals surface area contributed by atoms with Crippen LogP contribution in [0.4, 0.5) is 0 Å². The van der Waals surface area contributed by atoms with Crippen LogP contribution in [-0.4, -0.2) is 28.3 Å². The lowest BCUT2D eigenvalue weighted by Crippen LogP contribution is -2.43. The molecule has 0 aliphatic rings. The molecule has 6 heteroatoms. The fourth-order valence-corrected chi connectivity index (χ4v) is 3.64. The van der Waals surface area contributed by atoms with Crippen LogP contribution in [0, 0.1) is 34.6 Å². The zero-order valence-corrected chi connectivity index (χ0v) is 20.9. The summed E-state index contributed by atoms with van der Waals surface area (Å²) in [4.78, 5) is 4.84. The number of aliphatic imine (C=N–C) groups is 1. The predicted octanol–water partition coefficient (Wildman–Crippen LogP) is 4.27. The fraction of sp³-hybridized carbons (Fsp3) is 0.545. The Hall–Kier alpha value is -1.57. The van der Waals surface area contributed by atoms with Crippen molar-refractivity contribution in [1.29, 1.82) is 0 Å². The second-order valence-electron chi connectivity index (χ2n) is 7.59. The van der Waals surface area contributed by atoms with Crippen molar-refractivity contribution in [2.24, 2.45) is 12.0 Å². The summed E-state index contributed by atoms with van der Waals surface area (Å²) in [5.74, 6) is 0.864. The lowest BCUT2D eigenvalue weighted by molar-refractivity contribution is 0.635. The topological polar surface area (TPSA) is 54.2 Å². The van der Waals surface area contributed by atoms with E-state index in [0.29, 0.717) is 6.54 Å². The van der Waals surface area contributed by atoms with Crippen molar-refractivity contribution in [2.45, 2.75) is 67.5 Å². The molecule has 2 aromatic rings. The number of nitrogens with zero attached hydrogens (tertiary/aromatic N) is 3. The van der Waals surface area contributed by atoms with E-state index in [1.165, 1.54) is 33.5 Å². The Morgan fingerprint density at radius 2 is 1.71 bits per heavy atom. The van der Waals surface area contributed by atoms with Crippen LogP contribution in [-0.2, 0) is 20.0 Å². The van der Waals surface area contributed by atoms with Crippen molar-refractivity contribution in [3.63, 3.8) is 0 Å². The van der Waals surface area contributed by atoms with Gasteiger partial charge in [-0.1, -0.05) is 17.7 Å². The highest BCUT2D eigenvalue weighted by molar-refractivity contribution is 14.0. The van der Waals surface area contributed by atoms with E-state index in [1.54, 1.807) is 0 Å². The van der Waals surface area contributed by atoms with Crippen LogP contribution in [0.5, 0.6) is 0 Å². The van der Waals surface area contributed by atoms with Gasteiger partial charge in [-0.25, -0.2) is 4.99 Å². The molecule has 0 bridgehead atoms. The Balaban J connectivity index is 0.00000392. The molecule has 0 aliphatic carbocycles. The number of hydrogen-bond acceptors (Lipinski definition) is 2. The average molecular weight is 497 g/mol. The Morgan fingerprint density at radius 1 is 1.11 bits per heavy atom. The second kappa shape index (κ2) is 10.8. The first-order valence-electron chi connectivity index (χ1n) is 9.83. The maximum absolute atomic E-state index is 4.84. The standard InChI is InChI=1S/C22H35N5.HI/c1-9-23-22(24-13-21-15(3)10-14(2)11-16(21)4)25-17(5)12-20-18(6)26-27(8)19(20)7;/h10-11,17H,9,12-13H2,1-8H3,(H2,23,24,25);1H. The zero-order valence-electron chi connectivity index (χ0n) is 18.6. The summed E-state index contributed by atoms with van der Waals surface area (Å²) >= 11 is 0. The van der Waals surface area contributed by atoms with E-state index in [2.05, 4.69) is 76.3 Å². The monoisotopic (exact) mass is 497 g/mol. The smallest absolute Gasteiger partial charge is 0.191 e. The van der Waals surface area contributed by atoms with E-state index in [-0.39, 0.29) is 30.0 Å². The molecule has 0 saturated heterocycles. The largest absolute Gasteiger partial charge is 0.357 e. The Morgan fingerprint density at radius 3 is 2.21 bits per heavy atom. The number of nitrogens with one attached hydrogen (secondary N) is 2. The van der Waals surface area contributed by atoms with Crippen molar-refractivity contribution in [1.82, 2.24) is 20.4 Å². The number of benzene rings is 1. The molecule has 0 amide bonds. The van der Waals surface area contributed by atoms with Crippen LogP contribution >= 0.6 is 24.0 Å². The lowest BCUT2D eigenvalue weighted by Gasteiger charge is -2.18. The Bertz CT molecular complexity index is 800. The molecule has 156 valence electrons. The number of rotatable bonds is 6. The normalized spacial score (nSPS) is 12.5. The van der Waals surface area contributed by atoms with Gasteiger partial charge in [0.25, 0.3) is 0 Å². The van der Waals surface area contributed by atoms with Gasteiger partial charge in [0.2, 0.25) is 0 Å². The zero-order chi connectivity index (χ0) is 20.1. The minimum Gasteiger partial charge on any atom is -0.357 e. The van der Waals surface area contributed by atoms with Crippen LogP contribution in [0.3, 0.4) is 0 Å². The number of aryl methyl sites for hydroxylation is 5. The van der Waals surface area contributed by atoms with Crippen molar-refractivity contribution >= 4 is 29.9 Å². The second-order valence-corrected chi connectivity index (χ2v) is 7.59. The Kier molecular flexibility index (Phi) is 9.47. The molecule has 2 rings (SSSR count). The molecule has 1 heterocycles. The molecule has 28 heavy (non-hydrogen) atoms. The third-order valence-corrected chi connectivity index (χ3v) is 5.13. The highest BCUT2D eigenvalue weighted by Crippen LogP contribution is 2.17. The van der Waals surface area contributed by atoms with Gasteiger partial charge >= 0.3 is 0 Å². The summed E-state index contributed by atoms with van der Waals surface area (Å²) in [7, 11) is 2.00. The van der Waals surface area contributed by atoms with Crippen molar-refractivity contribution < 1.29 is 0 Å². The Labute approximate surface area is 187 Å². The van der Waals surface area contributed by atoms with Gasteiger partial charge in [0.1, 0.15) is 0 Å². The molecule has 0 fully saturated rings. The number of guanidine groups is 1. The van der Waals surface area contributed by atoms with Gasteiger partial charge in [0, 0.05) is 25.3 Å². The van der Waals surface area contributed by atoms with Crippen molar-refractivity contribution in [2.75, 3.05) is 6.54 Å². The maximum atomic E-state index is 4.84. The van der Waals surface area contributed by atoms with Crippen LogP contribution < -0.4 is 10.6 Å². The summed E-state index contributed by atoms with van der Waals surface area (Å²) in [6, 6.07) is 4.73. The molecular weight excluding hydrogens is 461 g/mol. The first kappa shape index (κ1) is 24.5. The molecular formula is C22H36IN5. The summed E-state index contributed by atoms with van der Waals surface area (Å²) in [5.41, 5.74) is 8.88. The number of halogens is 1. The van der Waals surface area contributed by atoms with E-state index in [4.69, 9.17) is 4.99 Å². The van der Waals surface area contributed by atoms with E-state index >= 15 is 0 Å². The highest BCUT2D eigenvalue weighted by Gasteiger charge is 2.14.